The predicted octanol–water partition coefficient (Wildman–Crippen LogP) is 4.89. The smallest absolute Gasteiger partial charge is 0.0269 e. The van der Waals surface area contributed by atoms with E-state index in [2.05, 4.69) is 72.9 Å². The first-order valence-electron chi connectivity index (χ1n) is 5.45. The van der Waals surface area contributed by atoms with Gasteiger partial charge < -0.3 is 0 Å². The van der Waals surface area contributed by atoms with Crippen molar-refractivity contribution < 1.29 is 0 Å². The Labute approximate surface area is 115 Å². The molecule has 2 rings (SSSR count). The molecule has 1 atom stereocenters. The molecule has 0 fully saturated rings. The SMILES string of the molecule is Cc1sc(CC2=CC=CC(C)C=C2)cc1I. The van der Waals surface area contributed by atoms with Gasteiger partial charge in [-0.05, 0) is 47.1 Å². The number of halogens is 1. The zero-order valence-corrected chi connectivity index (χ0v) is 12.5. The average Bonchev–Trinajstić information content (AvgIpc) is 2.44. The molecule has 0 saturated carbocycles. The second-order valence-electron chi connectivity index (χ2n) is 4.14. The third-order valence-electron chi connectivity index (χ3n) is 2.63. The maximum Gasteiger partial charge on any atom is 0.0269 e. The number of hydrogen-bond donors (Lipinski definition) is 0. The van der Waals surface area contributed by atoms with Crippen LogP contribution in [0.25, 0.3) is 0 Å². The average molecular weight is 342 g/mol. The summed E-state index contributed by atoms with van der Waals surface area (Å²) in [5.41, 5.74) is 1.40. The van der Waals surface area contributed by atoms with E-state index in [1.165, 1.54) is 18.9 Å². The van der Waals surface area contributed by atoms with Crippen molar-refractivity contribution in [2.75, 3.05) is 0 Å². The third kappa shape index (κ3) is 3.08. The summed E-state index contributed by atoms with van der Waals surface area (Å²) in [6.45, 7) is 4.40. The van der Waals surface area contributed by atoms with Crippen LogP contribution in [0.3, 0.4) is 0 Å². The van der Waals surface area contributed by atoms with Gasteiger partial charge in [0.05, 0.1) is 0 Å². The van der Waals surface area contributed by atoms with Gasteiger partial charge in [-0.3, -0.25) is 0 Å². The molecule has 0 saturated heterocycles. The highest BCUT2D eigenvalue weighted by atomic mass is 127. The van der Waals surface area contributed by atoms with E-state index < -0.39 is 0 Å². The summed E-state index contributed by atoms with van der Waals surface area (Å²) in [5.74, 6) is 0.555. The molecule has 84 valence electrons. The number of thiophene rings is 1. The van der Waals surface area contributed by atoms with Gasteiger partial charge in [0.15, 0.2) is 0 Å². The summed E-state index contributed by atoms with van der Waals surface area (Å²) in [7, 11) is 0. The first kappa shape index (κ1) is 12.1. The van der Waals surface area contributed by atoms with Crippen molar-refractivity contribution >= 4 is 33.9 Å². The lowest BCUT2D eigenvalue weighted by Crippen LogP contribution is -1.84. The normalized spacial score (nSPS) is 19.7. The van der Waals surface area contributed by atoms with Crippen molar-refractivity contribution in [3.63, 3.8) is 0 Å². The molecule has 1 aliphatic rings. The van der Waals surface area contributed by atoms with Crippen molar-refractivity contribution in [2.45, 2.75) is 20.3 Å². The lowest BCUT2D eigenvalue weighted by atomic mass is 10.1. The summed E-state index contributed by atoms with van der Waals surface area (Å²) in [4.78, 5) is 2.89. The van der Waals surface area contributed by atoms with Crippen molar-refractivity contribution in [3.05, 3.63) is 55.3 Å². The minimum absolute atomic E-state index is 0.555. The van der Waals surface area contributed by atoms with E-state index in [4.69, 9.17) is 0 Å². The van der Waals surface area contributed by atoms with Gasteiger partial charge in [-0.2, -0.15) is 0 Å². The molecule has 1 aliphatic carbocycles. The van der Waals surface area contributed by atoms with Gasteiger partial charge in [-0.1, -0.05) is 37.3 Å². The second-order valence-corrected chi connectivity index (χ2v) is 6.64. The molecule has 2 heteroatoms. The van der Waals surface area contributed by atoms with Crippen LogP contribution in [0.5, 0.6) is 0 Å². The number of allylic oxidation sites excluding steroid dienone is 6. The molecule has 0 aromatic carbocycles. The number of aryl methyl sites for hydroxylation is 1. The number of rotatable bonds is 2. The van der Waals surface area contributed by atoms with E-state index in [0.717, 1.165) is 6.42 Å². The van der Waals surface area contributed by atoms with Gasteiger partial charge >= 0.3 is 0 Å². The Morgan fingerprint density at radius 2 is 2.19 bits per heavy atom. The molecule has 0 N–H and O–H groups in total. The zero-order chi connectivity index (χ0) is 11.5. The summed E-state index contributed by atoms with van der Waals surface area (Å²) in [6.07, 6.45) is 12.2. The summed E-state index contributed by atoms with van der Waals surface area (Å²) < 4.78 is 1.39. The van der Waals surface area contributed by atoms with Crippen LogP contribution in [0, 0.1) is 16.4 Å². The molecule has 1 aromatic rings. The van der Waals surface area contributed by atoms with E-state index in [-0.39, 0.29) is 0 Å². The zero-order valence-electron chi connectivity index (χ0n) is 9.53. The van der Waals surface area contributed by atoms with Gasteiger partial charge in [0.25, 0.3) is 0 Å². The highest BCUT2D eigenvalue weighted by Gasteiger charge is 2.05. The van der Waals surface area contributed by atoms with Crippen LogP contribution < -0.4 is 0 Å². The molecule has 1 aromatic heterocycles. The highest BCUT2D eigenvalue weighted by molar-refractivity contribution is 14.1. The number of hydrogen-bond acceptors (Lipinski definition) is 1. The van der Waals surface area contributed by atoms with Crippen LogP contribution in [0.15, 0.2) is 42.0 Å². The lowest BCUT2D eigenvalue weighted by molar-refractivity contribution is 0.941. The summed E-state index contributed by atoms with van der Waals surface area (Å²) in [6, 6.07) is 2.30. The Balaban J connectivity index is 2.13. The van der Waals surface area contributed by atoms with E-state index in [9.17, 15) is 0 Å². The van der Waals surface area contributed by atoms with Crippen LogP contribution >= 0.6 is 33.9 Å². The van der Waals surface area contributed by atoms with E-state index in [1.54, 1.807) is 0 Å². The predicted molar refractivity (Wildman–Crippen MR) is 81.0 cm³/mol. The van der Waals surface area contributed by atoms with Gasteiger partial charge in [-0.15, -0.1) is 11.3 Å². The molecular formula is C14H15IS. The quantitative estimate of drug-likeness (QED) is 0.671. The van der Waals surface area contributed by atoms with Gasteiger partial charge in [0.2, 0.25) is 0 Å². The van der Waals surface area contributed by atoms with Crippen molar-refractivity contribution in [2.24, 2.45) is 5.92 Å². The fourth-order valence-electron chi connectivity index (χ4n) is 1.67. The Kier molecular flexibility index (Phi) is 4.03. The molecule has 0 spiro atoms. The lowest BCUT2D eigenvalue weighted by Gasteiger charge is -1.98. The van der Waals surface area contributed by atoms with Crippen LogP contribution in [0.2, 0.25) is 0 Å². The molecule has 0 nitrogen and oxygen atoms in total. The fraction of sp³-hybridized carbons (Fsp3) is 0.286. The van der Waals surface area contributed by atoms with Crippen molar-refractivity contribution in [3.8, 4) is 0 Å². The van der Waals surface area contributed by atoms with E-state index in [1.807, 2.05) is 11.3 Å². The molecule has 16 heavy (non-hydrogen) atoms. The first-order valence-corrected chi connectivity index (χ1v) is 7.35. The second kappa shape index (κ2) is 5.32. The highest BCUT2D eigenvalue weighted by Crippen LogP contribution is 2.26. The molecular weight excluding hydrogens is 327 g/mol. The first-order chi connectivity index (χ1) is 7.65. The Hall–Kier alpha value is -0.350. The summed E-state index contributed by atoms with van der Waals surface area (Å²) >= 11 is 4.32. The molecule has 1 heterocycles. The monoisotopic (exact) mass is 342 g/mol. The van der Waals surface area contributed by atoms with Crippen molar-refractivity contribution in [1.29, 1.82) is 0 Å². The van der Waals surface area contributed by atoms with E-state index >= 15 is 0 Å². The van der Waals surface area contributed by atoms with Crippen LogP contribution in [-0.2, 0) is 6.42 Å². The molecule has 1 unspecified atom stereocenters. The van der Waals surface area contributed by atoms with Crippen LogP contribution in [0.1, 0.15) is 16.7 Å². The van der Waals surface area contributed by atoms with Gasteiger partial charge in [0.1, 0.15) is 0 Å². The maximum absolute atomic E-state index is 2.41. The minimum Gasteiger partial charge on any atom is -0.144 e. The Morgan fingerprint density at radius 1 is 1.38 bits per heavy atom. The molecule has 0 aliphatic heterocycles. The molecule has 0 bridgehead atoms. The Morgan fingerprint density at radius 3 is 2.88 bits per heavy atom. The van der Waals surface area contributed by atoms with Crippen LogP contribution in [-0.4, -0.2) is 0 Å². The van der Waals surface area contributed by atoms with Gasteiger partial charge in [0, 0.05) is 19.7 Å². The topological polar surface area (TPSA) is 0 Å². The van der Waals surface area contributed by atoms with Crippen molar-refractivity contribution in [1.82, 2.24) is 0 Å². The minimum atomic E-state index is 0.555. The third-order valence-corrected chi connectivity index (χ3v) is 5.16. The molecule has 0 radical (unpaired) electrons. The Bertz CT molecular complexity index is 444. The van der Waals surface area contributed by atoms with E-state index in [0.29, 0.717) is 5.92 Å². The molecule has 0 amide bonds. The largest absolute Gasteiger partial charge is 0.144 e. The fourth-order valence-corrected chi connectivity index (χ4v) is 3.56. The van der Waals surface area contributed by atoms with Gasteiger partial charge in [-0.25, -0.2) is 0 Å². The van der Waals surface area contributed by atoms with Crippen LogP contribution in [0.4, 0.5) is 0 Å². The standard InChI is InChI=1S/C14H15IS/c1-10-4-3-5-12(7-6-10)8-13-9-14(15)11(2)16-13/h3-7,9-10H,8H2,1-2H3. The maximum atomic E-state index is 2.41. The summed E-state index contributed by atoms with van der Waals surface area (Å²) in [5, 5.41) is 0.